The fourth-order valence-electron chi connectivity index (χ4n) is 2.65. The number of hydrogen-bond donors (Lipinski definition) is 2. The zero-order valence-corrected chi connectivity index (χ0v) is 16.8. The summed E-state index contributed by atoms with van der Waals surface area (Å²) in [5.74, 6) is -0.446. The summed E-state index contributed by atoms with van der Waals surface area (Å²) in [6.07, 6.45) is 4.11. The third kappa shape index (κ3) is 5.12. The predicted molar refractivity (Wildman–Crippen MR) is 107 cm³/mol. The van der Waals surface area contributed by atoms with Crippen molar-refractivity contribution in [2.24, 2.45) is 7.05 Å². The molecule has 3 rings (SSSR count). The summed E-state index contributed by atoms with van der Waals surface area (Å²) >= 11 is 1.43. The molecule has 0 spiro atoms. The van der Waals surface area contributed by atoms with Gasteiger partial charge in [0.1, 0.15) is 11.9 Å². The van der Waals surface area contributed by atoms with Crippen molar-refractivity contribution in [3.63, 3.8) is 0 Å². The van der Waals surface area contributed by atoms with Crippen molar-refractivity contribution in [2.45, 2.75) is 19.4 Å². The number of anilines is 1. The van der Waals surface area contributed by atoms with E-state index >= 15 is 0 Å². The molecule has 2 heterocycles. The Kier molecular flexibility index (Phi) is 7.06. The average Bonchev–Trinajstić information content (AvgIpc) is 3.16. The zero-order valence-electron chi connectivity index (χ0n) is 15.2. The van der Waals surface area contributed by atoms with Crippen molar-refractivity contribution >= 4 is 34.8 Å². The van der Waals surface area contributed by atoms with Gasteiger partial charge in [-0.2, -0.15) is 5.10 Å². The third-order valence-corrected chi connectivity index (χ3v) is 5.08. The lowest BCUT2D eigenvalue weighted by Crippen LogP contribution is -2.30. The van der Waals surface area contributed by atoms with Crippen LogP contribution in [0.3, 0.4) is 0 Å². The number of hydrogen-bond acceptors (Lipinski definition) is 5. The topological polar surface area (TPSA) is 71.8 Å². The highest BCUT2D eigenvalue weighted by Gasteiger charge is 2.21. The molecule has 1 unspecified atom stereocenters. The molecule has 2 N–H and O–H groups in total. The van der Waals surface area contributed by atoms with E-state index in [1.807, 2.05) is 6.92 Å². The van der Waals surface area contributed by atoms with E-state index in [2.05, 4.69) is 20.7 Å². The Hall–Kier alpha value is -2.29. The van der Waals surface area contributed by atoms with Gasteiger partial charge in [-0.15, -0.1) is 23.7 Å². The van der Waals surface area contributed by atoms with Crippen LogP contribution >= 0.6 is 23.7 Å². The molecule has 0 saturated heterocycles. The normalized spacial score (nSPS) is 11.7. The number of halogens is 2. The molecule has 1 atom stereocenters. The number of rotatable bonds is 6. The van der Waals surface area contributed by atoms with Gasteiger partial charge < -0.3 is 10.6 Å². The summed E-state index contributed by atoms with van der Waals surface area (Å²) in [6.45, 7) is 1.90. The lowest BCUT2D eigenvalue weighted by molar-refractivity contribution is -0.118. The molecule has 1 aromatic carbocycles. The molecule has 27 heavy (non-hydrogen) atoms. The molecule has 6 nitrogen and oxygen atoms in total. The minimum absolute atomic E-state index is 0. The number of benzene rings is 1. The van der Waals surface area contributed by atoms with E-state index in [1.165, 1.54) is 23.5 Å². The van der Waals surface area contributed by atoms with Crippen molar-refractivity contribution in [3.8, 4) is 0 Å². The minimum atomic E-state index is -0.506. The van der Waals surface area contributed by atoms with E-state index < -0.39 is 6.04 Å². The Morgan fingerprint density at radius 1 is 1.33 bits per heavy atom. The minimum Gasteiger partial charge on any atom is -0.305 e. The smallest absolute Gasteiger partial charge is 0.247 e. The summed E-state index contributed by atoms with van der Waals surface area (Å²) < 4.78 is 14.7. The van der Waals surface area contributed by atoms with E-state index in [1.54, 1.807) is 43.3 Å². The fraction of sp³-hybridized carbons (Fsp3) is 0.278. The number of amides is 1. The van der Waals surface area contributed by atoms with Crippen LogP contribution in [-0.4, -0.2) is 27.7 Å². The van der Waals surface area contributed by atoms with Crippen molar-refractivity contribution in [1.82, 2.24) is 20.1 Å². The average molecular weight is 410 g/mol. The Morgan fingerprint density at radius 2 is 2.04 bits per heavy atom. The van der Waals surface area contributed by atoms with Gasteiger partial charge in [0.05, 0.1) is 11.9 Å². The van der Waals surface area contributed by atoms with E-state index in [4.69, 9.17) is 0 Å². The van der Waals surface area contributed by atoms with Crippen LogP contribution in [0.4, 0.5) is 9.52 Å². The highest BCUT2D eigenvalue weighted by Crippen LogP contribution is 2.26. The quantitative estimate of drug-likeness (QED) is 0.655. The summed E-state index contributed by atoms with van der Waals surface area (Å²) in [7, 11) is 3.53. The molecule has 0 aliphatic heterocycles. The number of aromatic nitrogens is 3. The molecule has 2 aromatic heterocycles. The van der Waals surface area contributed by atoms with E-state index in [-0.39, 0.29) is 24.1 Å². The molecule has 0 saturated carbocycles. The van der Waals surface area contributed by atoms with Gasteiger partial charge in [-0.25, -0.2) is 9.37 Å². The third-order valence-electron chi connectivity index (χ3n) is 4.01. The number of carbonyl (C=O) groups is 1. The molecule has 1 amide bonds. The lowest BCUT2D eigenvalue weighted by Gasteiger charge is -2.12. The highest BCUT2D eigenvalue weighted by atomic mass is 35.5. The molecule has 0 aliphatic rings. The van der Waals surface area contributed by atoms with Gasteiger partial charge in [0.2, 0.25) is 5.91 Å². The Balaban J connectivity index is 0.00000261. The number of nitrogens with zero attached hydrogens (tertiary/aromatic N) is 3. The van der Waals surface area contributed by atoms with Crippen LogP contribution in [-0.2, 0) is 18.3 Å². The van der Waals surface area contributed by atoms with Crippen molar-refractivity contribution < 1.29 is 9.18 Å². The van der Waals surface area contributed by atoms with Crippen LogP contribution in [0, 0.1) is 12.7 Å². The summed E-state index contributed by atoms with van der Waals surface area (Å²) in [5.41, 5.74) is 2.64. The Bertz CT molecular complexity index is 909. The maximum absolute atomic E-state index is 13.0. The maximum Gasteiger partial charge on any atom is 0.247 e. The van der Waals surface area contributed by atoms with Crippen LogP contribution in [0.15, 0.2) is 36.7 Å². The van der Waals surface area contributed by atoms with Gasteiger partial charge in [0.25, 0.3) is 0 Å². The predicted octanol–water partition coefficient (Wildman–Crippen LogP) is 3.24. The number of nitrogens with one attached hydrogen (secondary N) is 2. The van der Waals surface area contributed by atoms with Crippen molar-refractivity contribution in [3.05, 3.63) is 64.2 Å². The Morgan fingerprint density at radius 3 is 2.63 bits per heavy atom. The molecule has 0 radical (unpaired) electrons. The van der Waals surface area contributed by atoms with Crippen molar-refractivity contribution in [2.75, 3.05) is 12.4 Å². The van der Waals surface area contributed by atoms with Gasteiger partial charge in [-0.05, 0) is 31.7 Å². The first-order chi connectivity index (χ1) is 12.5. The molecule has 0 aliphatic carbocycles. The molecule has 0 fully saturated rings. The highest BCUT2D eigenvalue weighted by molar-refractivity contribution is 7.15. The van der Waals surface area contributed by atoms with E-state index in [9.17, 15) is 9.18 Å². The Labute approximate surface area is 167 Å². The number of carbonyl (C=O) groups excluding carboxylic acids is 1. The summed E-state index contributed by atoms with van der Waals surface area (Å²) in [6, 6.07) is 5.89. The van der Waals surface area contributed by atoms with Gasteiger partial charge in [-0.3, -0.25) is 9.48 Å². The van der Waals surface area contributed by atoms with Gasteiger partial charge >= 0.3 is 0 Å². The van der Waals surface area contributed by atoms with Gasteiger partial charge in [0, 0.05) is 30.1 Å². The molecule has 144 valence electrons. The number of thiazole rings is 1. The van der Waals surface area contributed by atoms with Crippen LogP contribution in [0.1, 0.15) is 27.7 Å². The van der Waals surface area contributed by atoms with Crippen molar-refractivity contribution in [1.29, 1.82) is 0 Å². The van der Waals surface area contributed by atoms with Gasteiger partial charge in [-0.1, -0.05) is 12.1 Å². The molecule has 3 aromatic rings. The van der Waals surface area contributed by atoms with Crippen LogP contribution < -0.4 is 10.6 Å². The molecule has 0 bridgehead atoms. The second-order valence-electron chi connectivity index (χ2n) is 5.99. The largest absolute Gasteiger partial charge is 0.305 e. The first-order valence-electron chi connectivity index (χ1n) is 8.13. The SMILES string of the molecule is CNC(C(=O)Nc1nc(C)c(Cc2ccc(F)cc2)s1)c1cnn(C)c1.Cl. The summed E-state index contributed by atoms with van der Waals surface area (Å²) in [5, 5.41) is 10.5. The first kappa shape index (κ1) is 21.0. The maximum atomic E-state index is 13.0. The van der Waals surface area contributed by atoms with Gasteiger partial charge in [0.15, 0.2) is 5.13 Å². The second-order valence-corrected chi connectivity index (χ2v) is 7.07. The molecular formula is C18H21ClFN5OS. The first-order valence-corrected chi connectivity index (χ1v) is 8.95. The fourth-order valence-corrected chi connectivity index (χ4v) is 3.65. The lowest BCUT2D eigenvalue weighted by atomic mass is 10.1. The summed E-state index contributed by atoms with van der Waals surface area (Å²) in [4.78, 5) is 18.1. The number of aryl methyl sites for hydroxylation is 2. The molecule has 9 heteroatoms. The second kappa shape index (κ2) is 9.07. The van der Waals surface area contributed by atoms with Crippen LogP contribution in [0.2, 0.25) is 0 Å². The zero-order chi connectivity index (χ0) is 18.7. The van der Waals surface area contributed by atoms with Crippen LogP contribution in [0.25, 0.3) is 0 Å². The van der Waals surface area contributed by atoms with E-state index in [0.717, 1.165) is 21.7 Å². The molecular weight excluding hydrogens is 389 g/mol. The standard InChI is InChI=1S/C18H20FN5OS.ClH/c1-11-15(8-12-4-6-14(19)7-5-12)26-18(22-11)23-17(25)16(20-2)13-9-21-24(3)10-13;/h4-7,9-10,16,20H,8H2,1-3H3,(H,22,23,25);1H. The van der Waals surface area contributed by atoms with E-state index in [0.29, 0.717) is 11.6 Å². The number of likely N-dealkylation sites (N-methyl/N-ethyl adjacent to an activating group) is 1. The monoisotopic (exact) mass is 409 g/mol. The van der Waals surface area contributed by atoms with Crippen LogP contribution in [0.5, 0.6) is 0 Å².